The van der Waals surface area contributed by atoms with Crippen molar-refractivity contribution >= 4 is 11.8 Å². The molecule has 0 amide bonds. The molecule has 0 aromatic rings. The first-order chi connectivity index (χ1) is 6.57. The van der Waals surface area contributed by atoms with Gasteiger partial charge in [0.25, 0.3) is 0 Å². The van der Waals surface area contributed by atoms with E-state index in [1.165, 1.54) is 6.92 Å². The van der Waals surface area contributed by atoms with Crippen molar-refractivity contribution in [3.05, 3.63) is 0 Å². The molecular formula is C10H18O4. The van der Waals surface area contributed by atoms with Crippen LogP contribution in [-0.4, -0.2) is 17.9 Å². The molecule has 0 saturated heterocycles. The maximum absolute atomic E-state index is 11.0. The number of rotatable bonds is 7. The second-order valence-electron chi connectivity index (χ2n) is 3.26. The van der Waals surface area contributed by atoms with Crippen molar-refractivity contribution in [3.63, 3.8) is 0 Å². The molecule has 0 N–H and O–H groups in total. The molecule has 1 atom stereocenters. The van der Waals surface area contributed by atoms with Crippen LogP contribution in [0.4, 0.5) is 0 Å². The van der Waals surface area contributed by atoms with Crippen molar-refractivity contribution in [3.8, 4) is 0 Å². The van der Waals surface area contributed by atoms with Crippen LogP contribution < -0.4 is 0 Å². The van der Waals surface area contributed by atoms with Crippen molar-refractivity contribution < 1.29 is 19.4 Å². The molecule has 4 heteroatoms. The molecule has 0 saturated carbocycles. The minimum Gasteiger partial charge on any atom is -0.298 e. The summed E-state index contributed by atoms with van der Waals surface area (Å²) in [6.07, 6.45) is 2.52. The Morgan fingerprint density at radius 2 is 1.93 bits per heavy atom. The fourth-order valence-electron chi connectivity index (χ4n) is 0.755. The average molecular weight is 202 g/mol. The molecule has 0 fully saturated rings. The van der Waals surface area contributed by atoms with Gasteiger partial charge in [0, 0.05) is 6.42 Å². The van der Waals surface area contributed by atoms with Crippen molar-refractivity contribution in [2.24, 2.45) is 0 Å². The van der Waals surface area contributed by atoms with Gasteiger partial charge in [-0.25, -0.2) is 4.79 Å². The Morgan fingerprint density at radius 3 is 2.43 bits per heavy atom. The van der Waals surface area contributed by atoms with Gasteiger partial charge >= 0.3 is 5.97 Å². The number of ketones is 1. The predicted molar refractivity (Wildman–Crippen MR) is 51.5 cm³/mol. The number of hydrogen-bond acceptors (Lipinski definition) is 4. The Kier molecular flexibility index (Phi) is 7.02. The van der Waals surface area contributed by atoms with E-state index in [-0.39, 0.29) is 5.78 Å². The first kappa shape index (κ1) is 13.1. The zero-order valence-corrected chi connectivity index (χ0v) is 9.04. The second-order valence-corrected chi connectivity index (χ2v) is 3.26. The van der Waals surface area contributed by atoms with Gasteiger partial charge in [-0.1, -0.05) is 19.8 Å². The molecule has 0 rings (SSSR count). The third kappa shape index (κ3) is 6.60. The highest BCUT2D eigenvalue weighted by Crippen LogP contribution is 2.02. The van der Waals surface area contributed by atoms with E-state index >= 15 is 0 Å². The van der Waals surface area contributed by atoms with E-state index in [4.69, 9.17) is 0 Å². The van der Waals surface area contributed by atoms with Crippen LogP contribution in [0.5, 0.6) is 0 Å². The van der Waals surface area contributed by atoms with Crippen molar-refractivity contribution in [2.75, 3.05) is 0 Å². The summed E-state index contributed by atoms with van der Waals surface area (Å²) in [6.45, 7) is 4.98. The monoisotopic (exact) mass is 202 g/mol. The summed E-state index contributed by atoms with van der Waals surface area (Å²) < 4.78 is 0. The number of Topliss-reactive ketones (excluding diaryl/α,β-unsaturated/α-hetero) is 1. The highest BCUT2D eigenvalue weighted by atomic mass is 17.2. The Labute approximate surface area is 84.5 Å². The molecule has 0 radical (unpaired) electrons. The van der Waals surface area contributed by atoms with E-state index in [9.17, 15) is 9.59 Å². The van der Waals surface area contributed by atoms with Gasteiger partial charge in [0.05, 0.1) is 0 Å². The fourth-order valence-corrected chi connectivity index (χ4v) is 0.755. The van der Waals surface area contributed by atoms with Crippen molar-refractivity contribution in [1.29, 1.82) is 0 Å². The SMILES string of the molecule is CCCCCC(=O)OOC(C)C(C)=O. The molecule has 0 aliphatic carbocycles. The van der Waals surface area contributed by atoms with E-state index < -0.39 is 12.1 Å². The predicted octanol–water partition coefficient (Wildman–Crippen LogP) is 2.02. The zero-order chi connectivity index (χ0) is 11.0. The van der Waals surface area contributed by atoms with Crippen LogP contribution in [0.2, 0.25) is 0 Å². The van der Waals surface area contributed by atoms with Gasteiger partial charge in [-0.05, 0) is 20.3 Å². The Balaban J connectivity index is 3.48. The summed E-state index contributed by atoms with van der Waals surface area (Å²) in [5.41, 5.74) is 0. The molecule has 1 unspecified atom stereocenters. The van der Waals surface area contributed by atoms with Gasteiger partial charge in [-0.3, -0.25) is 9.68 Å². The standard InChI is InChI=1S/C10H18O4/c1-4-5-6-7-10(12)14-13-9(3)8(2)11/h9H,4-7H2,1-3H3. The lowest BCUT2D eigenvalue weighted by Gasteiger charge is -2.07. The fraction of sp³-hybridized carbons (Fsp3) is 0.800. The topological polar surface area (TPSA) is 52.6 Å². The van der Waals surface area contributed by atoms with Gasteiger partial charge in [0.15, 0.2) is 11.9 Å². The first-order valence-corrected chi connectivity index (χ1v) is 4.94. The van der Waals surface area contributed by atoms with Crippen LogP contribution in [-0.2, 0) is 19.4 Å². The molecule has 0 heterocycles. The van der Waals surface area contributed by atoms with Crippen molar-refractivity contribution in [2.45, 2.75) is 52.6 Å². The third-order valence-corrected chi connectivity index (χ3v) is 1.84. The average Bonchev–Trinajstić information content (AvgIpc) is 2.14. The van der Waals surface area contributed by atoms with E-state index in [2.05, 4.69) is 16.7 Å². The van der Waals surface area contributed by atoms with Crippen LogP contribution in [0, 0.1) is 0 Å². The van der Waals surface area contributed by atoms with E-state index in [1.807, 2.05) is 0 Å². The molecule has 0 aliphatic heterocycles. The minimum absolute atomic E-state index is 0.161. The van der Waals surface area contributed by atoms with Crippen LogP contribution >= 0.6 is 0 Å². The van der Waals surface area contributed by atoms with Crippen LogP contribution in [0.1, 0.15) is 46.5 Å². The lowest BCUT2D eigenvalue weighted by molar-refractivity contribution is -0.288. The van der Waals surface area contributed by atoms with Crippen LogP contribution in [0.25, 0.3) is 0 Å². The maximum atomic E-state index is 11.0. The molecule has 14 heavy (non-hydrogen) atoms. The molecule has 0 spiro atoms. The van der Waals surface area contributed by atoms with Gasteiger partial charge in [0.1, 0.15) is 0 Å². The minimum atomic E-state index is -0.676. The Hall–Kier alpha value is -0.900. The number of carbonyl (C=O) groups is 2. The second kappa shape index (κ2) is 7.50. The van der Waals surface area contributed by atoms with E-state index in [0.29, 0.717) is 6.42 Å². The third-order valence-electron chi connectivity index (χ3n) is 1.84. The lowest BCUT2D eigenvalue weighted by Crippen LogP contribution is -2.20. The number of hydrogen-bond donors (Lipinski definition) is 0. The summed E-state index contributed by atoms with van der Waals surface area (Å²) in [6, 6.07) is 0. The molecule has 4 nitrogen and oxygen atoms in total. The molecule has 0 aromatic heterocycles. The summed E-state index contributed by atoms with van der Waals surface area (Å²) in [4.78, 5) is 30.7. The maximum Gasteiger partial charge on any atom is 0.342 e. The molecule has 0 aliphatic rings. The Morgan fingerprint density at radius 1 is 1.29 bits per heavy atom. The Bertz CT molecular complexity index is 189. The summed E-state index contributed by atoms with van der Waals surface area (Å²) >= 11 is 0. The molecular weight excluding hydrogens is 184 g/mol. The molecule has 0 aromatic carbocycles. The van der Waals surface area contributed by atoms with Gasteiger partial charge in [-0.15, -0.1) is 0 Å². The van der Waals surface area contributed by atoms with Gasteiger partial charge in [-0.2, -0.15) is 4.89 Å². The zero-order valence-electron chi connectivity index (χ0n) is 9.04. The van der Waals surface area contributed by atoms with E-state index in [1.54, 1.807) is 6.92 Å². The highest BCUT2D eigenvalue weighted by molar-refractivity contribution is 5.80. The summed E-state index contributed by atoms with van der Waals surface area (Å²) in [7, 11) is 0. The van der Waals surface area contributed by atoms with Crippen LogP contribution in [0.15, 0.2) is 0 Å². The number of unbranched alkanes of at least 4 members (excludes halogenated alkanes) is 2. The molecule has 0 bridgehead atoms. The smallest absolute Gasteiger partial charge is 0.298 e. The van der Waals surface area contributed by atoms with Crippen molar-refractivity contribution in [1.82, 2.24) is 0 Å². The largest absolute Gasteiger partial charge is 0.342 e. The summed E-state index contributed by atoms with van der Waals surface area (Å²) in [5, 5.41) is 0. The first-order valence-electron chi connectivity index (χ1n) is 4.94. The van der Waals surface area contributed by atoms with E-state index in [0.717, 1.165) is 19.3 Å². The highest BCUT2D eigenvalue weighted by Gasteiger charge is 2.11. The quantitative estimate of drug-likeness (QED) is 0.360. The number of carbonyl (C=O) groups excluding carboxylic acids is 2. The van der Waals surface area contributed by atoms with Crippen LogP contribution in [0.3, 0.4) is 0 Å². The van der Waals surface area contributed by atoms with Gasteiger partial charge in [0.2, 0.25) is 0 Å². The summed E-state index contributed by atoms with van der Waals surface area (Å²) in [5.74, 6) is -0.571. The van der Waals surface area contributed by atoms with Gasteiger partial charge < -0.3 is 0 Å². The molecule has 82 valence electrons. The lowest BCUT2D eigenvalue weighted by atomic mass is 10.2. The normalized spacial score (nSPS) is 12.2.